The van der Waals surface area contributed by atoms with Crippen molar-refractivity contribution in [2.45, 2.75) is 19.4 Å². The molecule has 4 rings (SSSR count). The largest absolute Gasteiger partial charge is 0.507 e. The third-order valence-corrected chi connectivity index (χ3v) is 6.08. The van der Waals surface area contributed by atoms with E-state index >= 15 is 0 Å². The third-order valence-electron chi connectivity index (χ3n) is 5.34. The average molecular weight is 482 g/mol. The molecule has 0 bridgehead atoms. The number of aliphatic hydroxyl groups is 1. The summed E-state index contributed by atoms with van der Waals surface area (Å²) < 4.78 is 5.66. The highest BCUT2D eigenvalue weighted by Gasteiger charge is 2.46. The van der Waals surface area contributed by atoms with Crippen molar-refractivity contribution in [1.82, 2.24) is 0 Å². The first-order valence-corrected chi connectivity index (χ1v) is 11.2. The summed E-state index contributed by atoms with van der Waals surface area (Å²) in [6.07, 6.45) is 0.875. The van der Waals surface area contributed by atoms with Crippen molar-refractivity contribution >= 4 is 46.3 Å². The SMILES string of the molecule is CCCOc1ccc(C2/C(=C(/O)c3ccc(Cl)c(Cl)c3)C(=O)C(=O)N2c2ccccc2)cc1. The van der Waals surface area contributed by atoms with Crippen molar-refractivity contribution in [2.24, 2.45) is 0 Å². The number of rotatable bonds is 6. The van der Waals surface area contributed by atoms with Crippen molar-refractivity contribution in [3.8, 4) is 5.75 Å². The highest BCUT2D eigenvalue weighted by atomic mass is 35.5. The molecule has 1 fully saturated rings. The summed E-state index contributed by atoms with van der Waals surface area (Å²) in [5.41, 5.74) is 1.47. The second kappa shape index (κ2) is 9.69. The first kappa shape index (κ1) is 22.9. The molecule has 1 saturated heterocycles. The van der Waals surface area contributed by atoms with E-state index in [0.29, 0.717) is 34.2 Å². The Hall–Kier alpha value is -3.28. The molecule has 1 aliphatic rings. The van der Waals surface area contributed by atoms with E-state index in [9.17, 15) is 14.7 Å². The van der Waals surface area contributed by atoms with E-state index in [2.05, 4.69) is 0 Å². The maximum Gasteiger partial charge on any atom is 0.300 e. The predicted molar refractivity (Wildman–Crippen MR) is 130 cm³/mol. The Kier molecular flexibility index (Phi) is 6.72. The van der Waals surface area contributed by atoms with Gasteiger partial charge >= 0.3 is 0 Å². The van der Waals surface area contributed by atoms with Gasteiger partial charge in [-0.05, 0) is 54.4 Å². The number of nitrogens with zero attached hydrogens (tertiary/aromatic N) is 1. The van der Waals surface area contributed by atoms with E-state index in [4.69, 9.17) is 27.9 Å². The molecule has 0 aromatic heterocycles. The van der Waals surface area contributed by atoms with Gasteiger partial charge in [0.05, 0.1) is 28.3 Å². The van der Waals surface area contributed by atoms with E-state index in [0.717, 1.165) is 6.42 Å². The number of ketones is 1. The molecule has 7 heteroatoms. The Balaban J connectivity index is 1.87. The number of Topliss-reactive ketones (excluding diaryl/α,β-unsaturated/α-hetero) is 1. The van der Waals surface area contributed by atoms with Gasteiger partial charge in [0.15, 0.2) is 0 Å². The number of amides is 1. The smallest absolute Gasteiger partial charge is 0.300 e. The summed E-state index contributed by atoms with van der Waals surface area (Å²) in [6.45, 7) is 2.60. The Morgan fingerprint density at radius 1 is 0.970 bits per heavy atom. The second-order valence-electron chi connectivity index (χ2n) is 7.55. The van der Waals surface area contributed by atoms with Gasteiger partial charge < -0.3 is 9.84 Å². The van der Waals surface area contributed by atoms with Crippen LogP contribution in [0.2, 0.25) is 10.0 Å². The van der Waals surface area contributed by atoms with Crippen LogP contribution in [0, 0.1) is 0 Å². The van der Waals surface area contributed by atoms with Crippen molar-refractivity contribution in [3.05, 3.63) is 99.5 Å². The summed E-state index contributed by atoms with van der Waals surface area (Å²) in [5.74, 6) is -1.14. The zero-order valence-corrected chi connectivity index (χ0v) is 19.3. The molecular formula is C26H21Cl2NO4. The first-order chi connectivity index (χ1) is 15.9. The number of ether oxygens (including phenoxy) is 1. The van der Waals surface area contributed by atoms with Crippen LogP contribution in [-0.2, 0) is 9.59 Å². The molecule has 1 aliphatic heterocycles. The third kappa shape index (κ3) is 4.47. The summed E-state index contributed by atoms with van der Waals surface area (Å²) in [5, 5.41) is 11.7. The molecule has 0 saturated carbocycles. The van der Waals surface area contributed by atoms with E-state index < -0.39 is 17.7 Å². The minimum atomic E-state index is -0.831. The Labute approximate surface area is 201 Å². The van der Waals surface area contributed by atoms with Crippen molar-refractivity contribution in [3.63, 3.8) is 0 Å². The van der Waals surface area contributed by atoms with Gasteiger partial charge in [0, 0.05) is 11.3 Å². The van der Waals surface area contributed by atoms with Gasteiger partial charge in [-0.3, -0.25) is 14.5 Å². The Morgan fingerprint density at radius 2 is 1.67 bits per heavy atom. The van der Waals surface area contributed by atoms with E-state index in [1.54, 1.807) is 54.6 Å². The van der Waals surface area contributed by atoms with Crippen molar-refractivity contribution < 1.29 is 19.4 Å². The summed E-state index contributed by atoms with van der Waals surface area (Å²) in [4.78, 5) is 27.7. The lowest BCUT2D eigenvalue weighted by Crippen LogP contribution is -2.29. The van der Waals surface area contributed by atoms with Gasteiger partial charge in [-0.2, -0.15) is 0 Å². The van der Waals surface area contributed by atoms with Crippen LogP contribution in [0.25, 0.3) is 5.76 Å². The van der Waals surface area contributed by atoms with Gasteiger partial charge in [-0.25, -0.2) is 0 Å². The number of aliphatic hydroxyl groups excluding tert-OH is 1. The van der Waals surface area contributed by atoms with Gasteiger partial charge in [0.25, 0.3) is 11.7 Å². The lowest BCUT2D eigenvalue weighted by molar-refractivity contribution is -0.132. The molecule has 33 heavy (non-hydrogen) atoms. The number of carbonyl (C=O) groups excluding carboxylic acids is 2. The molecule has 0 radical (unpaired) electrons. The molecule has 0 aliphatic carbocycles. The zero-order valence-electron chi connectivity index (χ0n) is 17.8. The maximum absolute atomic E-state index is 13.2. The standard InChI is InChI=1S/C26H21Cl2NO4/c1-2-14-33-19-11-8-16(9-12-19)23-22(24(30)17-10-13-20(27)21(28)15-17)25(31)26(32)29(23)18-6-4-3-5-7-18/h3-13,15,23,30H,2,14H2,1H3/b24-22-. The number of carbonyl (C=O) groups is 2. The van der Waals surface area contributed by atoms with Crippen LogP contribution in [0.5, 0.6) is 5.75 Å². The number of hydrogen-bond donors (Lipinski definition) is 1. The van der Waals surface area contributed by atoms with E-state index in [1.807, 2.05) is 13.0 Å². The number of benzene rings is 3. The highest BCUT2D eigenvalue weighted by Crippen LogP contribution is 2.42. The Morgan fingerprint density at radius 3 is 2.30 bits per heavy atom. The predicted octanol–water partition coefficient (Wildman–Crippen LogP) is 6.41. The molecule has 1 N–H and O–H groups in total. The monoisotopic (exact) mass is 481 g/mol. The first-order valence-electron chi connectivity index (χ1n) is 10.5. The molecule has 1 atom stereocenters. The van der Waals surface area contributed by atoms with Gasteiger partial charge in [-0.1, -0.05) is 60.5 Å². The minimum Gasteiger partial charge on any atom is -0.507 e. The topological polar surface area (TPSA) is 66.8 Å². The van der Waals surface area contributed by atoms with Gasteiger partial charge in [0.2, 0.25) is 0 Å². The zero-order chi connectivity index (χ0) is 23.5. The number of anilines is 1. The van der Waals surface area contributed by atoms with Gasteiger partial charge in [-0.15, -0.1) is 0 Å². The summed E-state index contributed by atoms with van der Waals surface area (Å²) in [7, 11) is 0. The normalized spacial score (nSPS) is 17.4. The number of halogens is 2. The van der Waals surface area contributed by atoms with Crippen LogP contribution in [-0.4, -0.2) is 23.4 Å². The molecule has 0 spiro atoms. The molecule has 168 valence electrons. The van der Waals surface area contributed by atoms with E-state index in [-0.39, 0.29) is 16.4 Å². The van der Waals surface area contributed by atoms with Crippen LogP contribution in [0.3, 0.4) is 0 Å². The molecule has 5 nitrogen and oxygen atoms in total. The van der Waals surface area contributed by atoms with Crippen LogP contribution in [0.4, 0.5) is 5.69 Å². The van der Waals surface area contributed by atoms with Crippen molar-refractivity contribution in [2.75, 3.05) is 11.5 Å². The van der Waals surface area contributed by atoms with Crippen LogP contribution in [0.1, 0.15) is 30.5 Å². The lowest BCUT2D eigenvalue weighted by Gasteiger charge is -2.25. The number of hydrogen-bond acceptors (Lipinski definition) is 4. The van der Waals surface area contributed by atoms with Crippen molar-refractivity contribution in [1.29, 1.82) is 0 Å². The van der Waals surface area contributed by atoms with Gasteiger partial charge in [0.1, 0.15) is 11.5 Å². The Bertz CT molecular complexity index is 1220. The summed E-state index contributed by atoms with van der Waals surface area (Å²) >= 11 is 12.1. The number of para-hydroxylation sites is 1. The molecule has 1 unspecified atom stereocenters. The molecule has 3 aromatic rings. The lowest BCUT2D eigenvalue weighted by atomic mass is 9.95. The molecular weight excluding hydrogens is 461 g/mol. The summed E-state index contributed by atoms with van der Waals surface area (Å²) in [6, 6.07) is 19.8. The van der Waals surface area contributed by atoms with Crippen LogP contribution < -0.4 is 9.64 Å². The van der Waals surface area contributed by atoms with Crippen LogP contribution >= 0.6 is 23.2 Å². The van der Waals surface area contributed by atoms with Crippen LogP contribution in [0.15, 0.2) is 78.4 Å². The molecule has 1 heterocycles. The fourth-order valence-electron chi connectivity index (χ4n) is 3.77. The van der Waals surface area contributed by atoms with E-state index in [1.165, 1.54) is 17.0 Å². The fourth-order valence-corrected chi connectivity index (χ4v) is 4.07. The quantitative estimate of drug-likeness (QED) is 0.251. The molecule has 3 aromatic carbocycles. The minimum absolute atomic E-state index is 0.0236. The maximum atomic E-state index is 13.2. The molecule has 1 amide bonds. The highest BCUT2D eigenvalue weighted by molar-refractivity contribution is 6.51. The average Bonchev–Trinajstić information content (AvgIpc) is 3.10. The fraction of sp³-hybridized carbons (Fsp3) is 0.154. The second-order valence-corrected chi connectivity index (χ2v) is 8.37.